The van der Waals surface area contributed by atoms with Gasteiger partial charge in [-0.1, -0.05) is 0 Å². The van der Waals surface area contributed by atoms with Crippen molar-refractivity contribution in [3.8, 4) is 5.69 Å². The Morgan fingerprint density at radius 3 is 2.40 bits per heavy atom. The molecule has 0 spiro atoms. The minimum absolute atomic E-state index is 0.121. The van der Waals surface area contributed by atoms with E-state index in [1.54, 1.807) is 11.0 Å². The van der Waals surface area contributed by atoms with Crippen LogP contribution in [-0.4, -0.2) is 79.6 Å². The molecule has 2 aromatic rings. The van der Waals surface area contributed by atoms with Crippen LogP contribution in [0.15, 0.2) is 30.6 Å². The van der Waals surface area contributed by atoms with Gasteiger partial charge in [0, 0.05) is 49.3 Å². The van der Waals surface area contributed by atoms with Gasteiger partial charge in [-0.25, -0.2) is 4.68 Å². The average Bonchev–Trinajstić information content (AvgIpc) is 3.23. The number of benzene rings is 1. The predicted molar refractivity (Wildman–Crippen MR) is 97.0 cm³/mol. The van der Waals surface area contributed by atoms with E-state index in [-0.39, 0.29) is 5.91 Å². The van der Waals surface area contributed by atoms with Crippen LogP contribution in [0.1, 0.15) is 23.2 Å². The lowest BCUT2D eigenvalue weighted by Crippen LogP contribution is -2.49. The summed E-state index contributed by atoms with van der Waals surface area (Å²) in [6, 6.07) is 8.11. The first-order valence-corrected chi connectivity index (χ1v) is 9.91. The zero-order chi connectivity index (χ0) is 17.1. The summed E-state index contributed by atoms with van der Waals surface area (Å²) in [6.07, 6.45) is 3.71. The SMILES string of the molecule is O=C(c1ccc(-n2cnnn2)cc1)N1CCC(N2CCSCC2)CC1. The van der Waals surface area contributed by atoms with Gasteiger partial charge in [0.2, 0.25) is 0 Å². The number of carbonyl (C=O) groups excluding carboxylic acids is 1. The monoisotopic (exact) mass is 358 g/mol. The zero-order valence-corrected chi connectivity index (χ0v) is 14.9. The molecule has 132 valence electrons. The highest BCUT2D eigenvalue weighted by Gasteiger charge is 2.28. The van der Waals surface area contributed by atoms with Crippen LogP contribution in [0.2, 0.25) is 0 Å². The molecule has 4 rings (SSSR count). The van der Waals surface area contributed by atoms with E-state index < -0.39 is 0 Å². The van der Waals surface area contributed by atoms with E-state index in [2.05, 4.69) is 20.4 Å². The van der Waals surface area contributed by atoms with E-state index in [1.807, 2.05) is 40.9 Å². The van der Waals surface area contributed by atoms with Crippen LogP contribution >= 0.6 is 11.8 Å². The lowest BCUT2D eigenvalue weighted by Gasteiger charge is -2.40. The van der Waals surface area contributed by atoms with Crippen LogP contribution in [0.25, 0.3) is 5.69 Å². The second kappa shape index (κ2) is 7.53. The average molecular weight is 358 g/mol. The summed E-state index contributed by atoms with van der Waals surface area (Å²) in [7, 11) is 0. The molecule has 1 aromatic carbocycles. The number of hydrogen-bond acceptors (Lipinski definition) is 6. The Morgan fingerprint density at radius 2 is 1.76 bits per heavy atom. The van der Waals surface area contributed by atoms with Crippen LogP contribution in [-0.2, 0) is 0 Å². The minimum Gasteiger partial charge on any atom is -0.339 e. The van der Waals surface area contributed by atoms with E-state index in [4.69, 9.17) is 0 Å². The highest BCUT2D eigenvalue weighted by molar-refractivity contribution is 7.99. The third-order valence-corrected chi connectivity index (χ3v) is 5.98. The summed E-state index contributed by atoms with van der Waals surface area (Å²) < 4.78 is 1.58. The Kier molecular flexibility index (Phi) is 4.98. The van der Waals surface area contributed by atoms with Crippen molar-refractivity contribution < 1.29 is 4.79 Å². The Bertz CT molecular complexity index is 690. The molecule has 0 aliphatic carbocycles. The second-order valence-electron chi connectivity index (χ2n) is 6.47. The van der Waals surface area contributed by atoms with Gasteiger partial charge in [0.25, 0.3) is 5.91 Å². The molecule has 2 aliphatic heterocycles. The summed E-state index contributed by atoms with van der Waals surface area (Å²) in [5.41, 5.74) is 1.58. The predicted octanol–water partition coefficient (Wildman–Crippen LogP) is 1.32. The maximum Gasteiger partial charge on any atom is 0.253 e. The Morgan fingerprint density at radius 1 is 1.04 bits per heavy atom. The Labute approximate surface area is 151 Å². The van der Waals surface area contributed by atoms with E-state index in [1.165, 1.54) is 24.6 Å². The van der Waals surface area contributed by atoms with Crippen molar-refractivity contribution in [3.63, 3.8) is 0 Å². The largest absolute Gasteiger partial charge is 0.339 e. The fourth-order valence-corrected chi connectivity index (χ4v) is 4.53. The number of piperidine rings is 1. The lowest BCUT2D eigenvalue weighted by molar-refractivity contribution is 0.0631. The van der Waals surface area contributed by atoms with Crippen molar-refractivity contribution in [2.75, 3.05) is 37.7 Å². The van der Waals surface area contributed by atoms with Gasteiger partial charge >= 0.3 is 0 Å². The van der Waals surface area contributed by atoms with Gasteiger partial charge in [-0.2, -0.15) is 11.8 Å². The third-order valence-electron chi connectivity index (χ3n) is 5.04. The molecule has 25 heavy (non-hydrogen) atoms. The number of carbonyl (C=O) groups is 1. The summed E-state index contributed by atoms with van der Waals surface area (Å²) in [5.74, 6) is 2.61. The van der Waals surface area contributed by atoms with Crippen LogP contribution < -0.4 is 0 Å². The van der Waals surface area contributed by atoms with Crippen molar-refractivity contribution in [3.05, 3.63) is 36.2 Å². The molecule has 8 heteroatoms. The van der Waals surface area contributed by atoms with E-state index in [0.717, 1.165) is 37.2 Å². The van der Waals surface area contributed by atoms with E-state index >= 15 is 0 Å². The normalized spacial score (nSPS) is 19.9. The van der Waals surface area contributed by atoms with E-state index in [0.29, 0.717) is 6.04 Å². The van der Waals surface area contributed by atoms with Crippen LogP contribution in [0.3, 0.4) is 0 Å². The first-order chi connectivity index (χ1) is 12.3. The number of aromatic nitrogens is 4. The first kappa shape index (κ1) is 16.5. The zero-order valence-electron chi connectivity index (χ0n) is 14.1. The Hall–Kier alpha value is -1.93. The summed E-state index contributed by atoms with van der Waals surface area (Å²) in [6.45, 7) is 4.09. The number of rotatable bonds is 3. The standard InChI is InChI=1S/C17H22N6OS/c24-17(14-1-3-16(4-2-14)23-13-18-19-20-23)22-7-5-15(6-8-22)21-9-11-25-12-10-21/h1-4,13,15H,5-12H2. The quantitative estimate of drug-likeness (QED) is 0.824. The first-order valence-electron chi connectivity index (χ1n) is 8.76. The Balaban J connectivity index is 1.35. The number of likely N-dealkylation sites (tertiary alicyclic amines) is 1. The topological polar surface area (TPSA) is 67.2 Å². The van der Waals surface area contributed by atoms with Crippen molar-refractivity contribution in [1.29, 1.82) is 0 Å². The lowest BCUT2D eigenvalue weighted by atomic mass is 10.0. The van der Waals surface area contributed by atoms with Gasteiger partial charge in [0.1, 0.15) is 6.33 Å². The number of tetrazole rings is 1. The molecule has 0 radical (unpaired) electrons. The molecule has 2 aliphatic rings. The van der Waals surface area contributed by atoms with Gasteiger partial charge in [-0.05, 0) is 47.5 Å². The molecule has 0 bridgehead atoms. The highest BCUT2D eigenvalue weighted by atomic mass is 32.2. The molecule has 0 saturated carbocycles. The molecule has 7 nitrogen and oxygen atoms in total. The fraction of sp³-hybridized carbons (Fsp3) is 0.529. The number of thioether (sulfide) groups is 1. The van der Waals surface area contributed by atoms with Crippen LogP contribution in [0, 0.1) is 0 Å². The fourth-order valence-electron chi connectivity index (χ4n) is 3.60. The van der Waals surface area contributed by atoms with Crippen molar-refractivity contribution in [2.24, 2.45) is 0 Å². The minimum atomic E-state index is 0.121. The third kappa shape index (κ3) is 3.69. The smallest absolute Gasteiger partial charge is 0.253 e. The van der Waals surface area contributed by atoms with Crippen LogP contribution in [0.4, 0.5) is 0 Å². The van der Waals surface area contributed by atoms with Gasteiger partial charge < -0.3 is 4.90 Å². The van der Waals surface area contributed by atoms with Gasteiger partial charge in [0.15, 0.2) is 0 Å². The molecular formula is C17H22N6OS. The molecule has 2 fully saturated rings. The highest BCUT2D eigenvalue weighted by Crippen LogP contribution is 2.22. The van der Waals surface area contributed by atoms with Crippen molar-refractivity contribution in [2.45, 2.75) is 18.9 Å². The molecule has 2 saturated heterocycles. The van der Waals surface area contributed by atoms with E-state index in [9.17, 15) is 4.79 Å². The number of nitrogens with zero attached hydrogens (tertiary/aromatic N) is 6. The van der Waals surface area contributed by atoms with Crippen LogP contribution in [0.5, 0.6) is 0 Å². The maximum atomic E-state index is 12.7. The number of amides is 1. The second-order valence-corrected chi connectivity index (χ2v) is 7.70. The molecule has 0 unspecified atom stereocenters. The molecule has 0 N–H and O–H groups in total. The van der Waals surface area contributed by atoms with Gasteiger partial charge in [-0.15, -0.1) is 5.10 Å². The van der Waals surface area contributed by atoms with Crippen molar-refractivity contribution in [1.82, 2.24) is 30.0 Å². The van der Waals surface area contributed by atoms with Gasteiger partial charge in [0.05, 0.1) is 5.69 Å². The summed E-state index contributed by atoms with van der Waals surface area (Å²) in [5, 5.41) is 11.1. The maximum absolute atomic E-state index is 12.7. The van der Waals surface area contributed by atoms with Gasteiger partial charge in [-0.3, -0.25) is 9.69 Å². The summed E-state index contributed by atoms with van der Waals surface area (Å²) >= 11 is 2.05. The molecule has 1 amide bonds. The summed E-state index contributed by atoms with van der Waals surface area (Å²) in [4.78, 5) is 17.3. The molecule has 0 atom stereocenters. The number of hydrogen-bond donors (Lipinski definition) is 0. The molecule has 3 heterocycles. The van der Waals surface area contributed by atoms with Crippen molar-refractivity contribution >= 4 is 17.7 Å². The molecule has 1 aromatic heterocycles. The molecular weight excluding hydrogens is 336 g/mol.